The van der Waals surface area contributed by atoms with Crippen molar-refractivity contribution in [3.8, 4) is 17.0 Å². The highest BCUT2D eigenvalue weighted by atomic mass is 19.4. The minimum Gasteiger partial charge on any atom is -0.507 e. The number of fused-ring (bicyclic) bond motifs is 2. The van der Waals surface area contributed by atoms with Crippen LogP contribution in [0.5, 0.6) is 5.75 Å². The summed E-state index contributed by atoms with van der Waals surface area (Å²) < 4.78 is 50.8. The fourth-order valence-corrected chi connectivity index (χ4v) is 4.92. The van der Waals surface area contributed by atoms with Crippen LogP contribution < -0.4 is 5.32 Å². The number of nitrogens with zero attached hydrogens (tertiary/aromatic N) is 2. The summed E-state index contributed by atoms with van der Waals surface area (Å²) in [7, 11) is 0. The van der Waals surface area contributed by atoms with Crippen molar-refractivity contribution in [2.24, 2.45) is 0 Å². The van der Waals surface area contributed by atoms with E-state index in [4.69, 9.17) is 9.47 Å². The largest absolute Gasteiger partial charge is 0.507 e. The lowest BCUT2D eigenvalue weighted by atomic mass is 9.88. The van der Waals surface area contributed by atoms with Gasteiger partial charge >= 0.3 is 6.18 Å². The number of phenolic OH excluding ortho intramolecular Hbond substituents is 1. The van der Waals surface area contributed by atoms with Crippen LogP contribution in [0.15, 0.2) is 18.2 Å². The van der Waals surface area contributed by atoms with Crippen LogP contribution in [0.25, 0.3) is 11.3 Å². The quantitative estimate of drug-likeness (QED) is 0.654. The van der Waals surface area contributed by atoms with Gasteiger partial charge in [0, 0.05) is 29.7 Å². The Hall–Kier alpha value is -2.43. The summed E-state index contributed by atoms with van der Waals surface area (Å²) in [5.41, 5.74) is 0.175. The normalized spacial score (nSPS) is 27.6. The third-order valence-corrected chi connectivity index (χ3v) is 6.64. The lowest BCUT2D eigenvalue weighted by molar-refractivity contribution is -0.137. The highest BCUT2D eigenvalue weighted by molar-refractivity contribution is 5.74. The number of phenols is 1. The molecule has 10 heteroatoms. The number of aliphatic hydroxyl groups excluding tert-OH is 1. The number of hydrogen-bond acceptors (Lipinski definition) is 7. The number of halogens is 3. The predicted molar refractivity (Wildman–Crippen MR) is 108 cm³/mol. The molecule has 0 amide bonds. The molecule has 1 aliphatic carbocycles. The van der Waals surface area contributed by atoms with Crippen LogP contribution in [0.4, 0.5) is 19.0 Å². The highest BCUT2D eigenvalue weighted by Crippen LogP contribution is 2.49. The molecule has 1 aromatic carbocycles. The molecule has 0 bridgehead atoms. The van der Waals surface area contributed by atoms with E-state index in [1.165, 1.54) is 6.07 Å². The number of rotatable bonds is 3. The first-order valence-electron chi connectivity index (χ1n) is 10.8. The van der Waals surface area contributed by atoms with E-state index in [0.717, 1.165) is 30.9 Å². The smallest absolute Gasteiger partial charge is 0.416 e. The van der Waals surface area contributed by atoms with Crippen molar-refractivity contribution in [2.45, 2.75) is 62.6 Å². The lowest BCUT2D eigenvalue weighted by Crippen LogP contribution is -2.38. The first-order chi connectivity index (χ1) is 15.3. The van der Waals surface area contributed by atoms with E-state index in [-0.39, 0.29) is 23.9 Å². The molecule has 3 aliphatic rings. The maximum absolute atomic E-state index is 13.0. The van der Waals surface area contributed by atoms with Gasteiger partial charge in [0.25, 0.3) is 0 Å². The summed E-state index contributed by atoms with van der Waals surface area (Å²) in [5.74, 6) is -0.0348. The van der Waals surface area contributed by atoms with Gasteiger partial charge in [0.2, 0.25) is 0 Å². The third-order valence-electron chi connectivity index (χ3n) is 6.64. The maximum Gasteiger partial charge on any atom is 0.416 e. The van der Waals surface area contributed by atoms with E-state index >= 15 is 0 Å². The van der Waals surface area contributed by atoms with Crippen LogP contribution in [0.2, 0.25) is 0 Å². The van der Waals surface area contributed by atoms with E-state index in [9.17, 15) is 23.4 Å². The first-order valence-corrected chi connectivity index (χ1v) is 10.8. The van der Waals surface area contributed by atoms with E-state index in [0.29, 0.717) is 43.5 Å². The van der Waals surface area contributed by atoms with Crippen molar-refractivity contribution in [2.75, 3.05) is 18.5 Å². The molecule has 1 saturated heterocycles. The summed E-state index contributed by atoms with van der Waals surface area (Å²) >= 11 is 0. The second kappa shape index (κ2) is 7.86. The Balaban J connectivity index is 1.59. The van der Waals surface area contributed by atoms with Gasteiger partial charge in [-0.3, -0.25) is 0 Å². The highest BCUT2D eigenvalue weighted by Gasteiger charge is 2.48. The number of aliphatic hydroxyl groups is 1. The number of alkyl halides is 3. The van der Waals surface area contributed by atoms with Gasteiger partial charge in [0.1, 0.15) is 17.0 Å². The van der Waals surface area contributed by atoms with Crippen molar-refractivity contribution in [1.82, 2.24) is 10.2 Å². The molecule has 3 heterocycles. The summed E-state index contributed by atoms with van der Waals surface area (Å²) in [6.07, 6.45) is -1.00. The van der Waals surface area contributed by atoms with Crippen LogP contribution in [0, 0.1) is 0 Å². The van der Waals surface area contributed by atoms with Gasteiger partial charge in [0.15, 0.2) is 5.82 Å². The topological polar surface area (TPSA) is 96.7 Å². The molecule has 1 spiro atoms. The Morgan fingerprint density at radius 1 is 1.16 bits per heavy atom. The van der Waals surface area contributed by atoms with Gasteiger partial charge in [-0.2, -0.15) is 13.2 Å². The molecule has 3 N–H and O–H groups in total. The van der Waals surface area contributed by atoms with Crippen molar-refractivity contribution in [1.29, 1.82) is 0 Å². The van der Waals surface area contributed by atoms with Crippen molar-refractivity contribution in [3.63, 3.8) is 0 Å². The minimum absolute atomic E-state index is 0.158. The zero-order chi connectivity index (χ0) is 22.5. The summed E-state index contributed by atoms with van der Waals surface area (Å²) in [6.45, 7) is 1.01. The van der Waals surface area contributed by atoms with E-state index < -0.39 is 29.2 Å². The number of benzene rings is 1. The van der Waals surface area contributed by atoms with Gasteiger partial charge in [0.05, 0.1) is 30.9 Å². The van der Waals surface area contributed by atoms with Crippen LogP contribution in [-0.4, -0.2) is 45.8 Å². The predicted octanol–water partition coefficient (Wildman–Crippen LogP) is 3.73. The van der Waals surface area contributed by atoms with Crippen LogP contribution in [0.3, 0.4) is 0 Å². The Bertz CT molecular complexity index is 1020. The third kappa shape index (κ3) is 3.60. The van der Waals surface area contributed by atoms with E-state index in [1.807, 2.05) is 0 Å². The van der Waals surface area contributed by atoms with Gasteiger partial charge in [-0.15, -0.1) is 10.2 Å². The van der Waals surface area contributed by atoms with Crippen molar-refractivity contribution >= 4 is 5.82 Å². The first kappa shape index (κ1) is 21.4. The fourth-order valence-electron chi connectivity index (χ4n) is 4.92. The molecule has 32 heavy (non-hydrogen) atoms. The Labute approximate surface area is 182 Å². The van der Waals surface area contributed by atoms with Crippen LogP contribution in [0.1, 0.15) is 48.8 Å². The monoisotopic (exact) mass is 451 g/mol. The molecule has 0 radical (unpaired) electrons. The van der Waals surface area contributed by atoms with Gasteiger partial charge in [-0.05, 0) is 31.0 Å². The van der Waals surface area contributed by atoms with Crippen molar-refractivity contribution < 1.29 is 32.9 Å². The fraction of sp³-hybridized carbons (Fsp3) is 0.545. The molecule has 1 saturated carbocycles. The molecule has 2 aliphatic heterocycles. The summed E-state index contributed by atoms with van der Waals surface area (Å²) in [6, 6.07) is 2.64. The molecule has 1 aromatic heterocycles. The second-order valence-electron chi connectivity index (χ2n) is 8.67. The molecular weight excluding hydrogens is 427 g/mol. The number of nitrogens with one attached hydrogen (secondary N) is 1. The maximum atomic E-state index is 13.0. The standard InChI is InChI=1S/C22H24F3N3O4/c23-22(24,25)12-5-6-13(17(30)9-12)19-14-10-32-21(7-8-31-11-21)18(14)20(28-27-19)26-15-3-1-2-4-16(15)29/h5-6,9,15-16,29-30H,1-4,7-8,10-11H2,(H,26,28)/t15-,16-,21?/m1/s1. The SMILES string of the molecule is Oc1cc(C(F)(F)F)ccc1-c1nnc(N[C@@H]2CCCC[C@H]2O)c2c1COC21CCOC1. The van der Waals surface area contributed by atoms with Gasteiger partial charge in [-0.1, -0.05) is 12.8 Å². The number of ether oxygens (including phenoxy) is 2. The molecule has 2 aromatic rings. The molecule has 5 rings (SSSR count). The van der Waals surface area contributed by atoms with Crippen LogP contribution >= 0.6 is 0 Å². The summed E-state index contributed by atoms with van der Waals surface area (Å²) in [4.78, 5) is 0. The zero-order valence-corrected chi connectivity index (χ0v) is 17.3. The number of aromatic hydroxyl groups is 1. The second-order valence-corrected chi connectivity index (χ2v) is 8.67. The number of hydrogen-bond donors (Lipinski definition) is 3. The molecule has 172 valence electrons. The number of anilines is 1. The van der Waals surface area contributed by atoms with Crippen molar-refractivity contribution in [3.05, 3.63) is 34.9 Å². The molecule has 7 nitrogen and oxygen atoms in total. The summed E-state index contributed by atoms with van der Waals surface area (Å²) in [5, 5.41) is 32.7. The van der Waals surface area contributed by atoms with Crippen LogP contribution in [-0.2, 0) is 27.9 Å². The molecule has 1 unspecified atom stereocenters. The van der Waals surface area contributed by atoms with Gasteiger partial charge < -0.3 is 25.0 Å². The lowest BCUT2D eigenvalue weighted by Gasteiger charge is -2.31. The molecular formula is C22H24F3N3O4. The molecule has 3 atom stereocenters. The molecule has 2 fully saturated rings. The van der Waals surface area contributed by atoms with E-state index in [1.54, 1.807) is 0 Å². The zero-order valence-electron chi connectivity index (χ0n) is 17.3. The van der Waals surface area contributed by atoms with Gasteiger partial charge in [-0.25, -0.2) is 0 Å². The Morgan fingerprint density at radius 2 is 1.97 bits per heavy atom. The Kier molecular flexibility index (Phi) is 5.26. The minimum atomic E-state index is -4.56. The van der Waals surface area contributed by atoms with E-state index in [2.05, 4.69) is 15.5 Å². The average Bonchev–Trinajstić information content (AvgIpc) is 3.38. The number of aromatic nitrogens is 2. The average molecular weight is 451 g/mol. The Morgan fingerprint density at radius 3 is 2.66 bits per heavy atom.